The highest BCUT2D eigenvalue weighted by Gasteiger charge is 2.14. The normalized spacial score (nSPS) is 11.8. The minimum absolute atomic E-state index is 0.271. The summed E-state index contributed by atoms with van der Waals surface area (Å²) in [6, 6.07) is 5.26. The molecular weight excluding hydrogens is 276 g/mol. The lowest BCUT2D eigenvalue weighted by Crippen LogP contribution is -2.29. The van der Waals surface area contributed by atoms with Crippen LogP contribution in [0.2, 0.25) is 0 Å². The number of benzene rings is 1. The molecular formula is C14H24N2O3S. The van der Waals surface area contributed by atoms with Crippen molar-refractivity contribution in [1.29, 1.82) is 0 Å². The van der Waals surface area contributed by atoms with Crippen LogP contribution >= 0.6 is 0 Å². The summed E-state index contributed by atoms with van der Waals surface area (Å²) in [5, 5.41) is 3.24. The lowest BCUT2D eigenvalue weighted by molar-refractivity contribution is 0.411. The summed E-state index contributed by atoms with van der Waals surface area (Å²) in [5.74, 6) is 0.685. The second kappa shape index (κ2) is 7.61. The van der Waals surface area contributed by atoms with Gasteiger partial charge in [0.15, 0.2) is 0 Å². The average molecular weight is 300 g/mol. The zero-order valence-corrected chi connectivity index (χ0v) is 13.4. The smallest absolute Gasteiger partial charge is 0.240 e. The number of ether oxygens (including phenoxy) is 1. The zero-order chi connectivity index (χ0) is 15.2. The molecule has 0 saturated heterocycles. The van der Waals surface area contributed by atoms with Gasteiger partial charge in [-0.3, -0.25) is 0 Å². The topological polar surface area (TPSA) is 67.4 Å². The third kappa shape index (κ3) is 5.11. The monoisotopic (exact) mass is 300 g/mol. The standard InChI is InChI=1S/C14H24N2O3S/c1-11(2)15-8-5-9-16-20(17,18)13-6-7-14(19-4)12(3)10-13/h6-7,10-11,15-16H,5,8-9H2,1-4H3. The van der Waals surface area contributed by atoms with Gasteiger partial charge in [0.25, 0.3) is 0 Å². The van der Waals surface area contributed by atoms with Crippen molar-refractivity contribution >= 4 is 10.0 Å². The maximum absolute atomic E-state index is 12.1. The van der Waals surface area contributed by atoms with Gasteiger partial charge in [0.2, 0.25) is 10.0 Å². The molecule has 0 aliphatic rings. The molecule has 0 fully saturated rings. The molecule has 0 spiro atoms. The number of hydrogen-bond donors (Lipinski definition) is 2. The average Bonchev–Trinajstić information content (AvgIpc) is 2.37. The minimum atomic E-state index is -3.44. The fourth-order valence-electron chi connectivity index (χ4n) is 1.79. The van der Waals surface area contributed by atoms with Crippen molar-refractivity contribution in [1.82, 2.24) is 10.0 Å². The maximum atomic E-state index is 12.1. The van der Waals surface area contributed by atoms with Crippen LogP contribution in [-0.4, -0.2) is 34.7 Å². The van der Waals surface area contributed by atoms with Crippen molar-refractivity contribution in [3.63, 3.8) is 0 Å². The largest absolute Gasteiger partial charge is 0.496 e. The van der Waals surface area contributed by atoms with Crippen LogP contribution in [0.5, 0.6) is 5.75 Å². The summed E-state index contributed by atoms with van der Waals surface area (Å²) >= 11 is 0. The Balaban J connectivity index is 2.58. The maximum Gasteiger partial charge on any atom is 0.240 e. The number of aryl methyl sites for hydroxylation is 1. The Bertz CT molecular complexity index is 527. The van der Waals surface area contributed by atoms with Crippen molar-refractivity contribution in [2.75, 3.05) is 20.2 Å². The van der Waals surface area contributed by atoms with E-state index in [4.69, 9.17) is 4.74 Å². The highest BCUT2D eigenvalue weighted by atomic mass is 32.2. The van der Waals surface area contributed by atoms with E-state index in [1.54, 1.807) is 25.3 Å². The number of sulfonamides is 1. The van der Waals surface area contributed by atoms with E-state index < -0.39 is 10.0 Å². The Morgan fingerprint density at radius 3 is 2.50 bits per heavy atom. The molecule has 1 rings (SSSR count). The first kappa shape index (κ1) is 16.9. The van der Waals surface area contributed by atoms with Crippen LogP contribution in [0.4, 0.5) is 0 Å². The lowest BCUT2D eigenvalue weighted by Gasteiger charge is -2.11. The molecule has 1 aromatic rings. The lowest BCUT2D eigenvalue weighted by atomic mass is 10.2. The molecule has 0 aliphatic heterocycles. The summed E-state index contributed by atoms with van der Waals surface area (Å²) in [5.41, 5.74) is 0.803. The number of hydrogen-bond acceptors (Lipinski definition) is 4. The van der Waals surface area contributed by atoms with Crippen LogP contribution in [0, 0.1) is 6.92 Å². The summed E-state index contributed by atoms with van der Waals surface area (Å²) in [6.07, 6.45) is 0.756. The molecule has 0 saturated carbocycles. The molecule has 114 valence electrons. The van der Waals surface area contributed by atoms with Crippen LogP contribution in [0.15, 0.2) is 23.1 Å². The van der Waals surface area contributed by atoms with Gasteiger partial charge in [-0.1, -0.05) is 13.8 Å². The Morgan fingerprint density at radius 2 is 1.95 bits per heavy atom. The van der Waals surface area contributed by atoms with Gasteiger partial charge in [-0.25, -0.2) is 13.1 Å². The molecule has 0 unspecified atom stereocenters. The summed E-state index contributed by atoms with van der Waals surface area (Å²) < 4.78 is 31.9. The molecule has 0 radical (unpaired) electrons. The van der Waals surface area contributed by atoms with Gasteiger partial charge in [0.1, 0.15) is 5.75 Å². The molecule has 0 heterocycles. The van der Waals surface area contributed by atoms with Crippen molar-refractivity contribution in [2.24, 2.45) is 0 Å². The van der Waals surface area contributed by atoms with Gasteiger partial charge in [-0.2, -0.15) is 0 Å². The second-order valence-electron chi connectivity index (χ2n) is 4.99. The Labute approximate surface area is 121 Å². The first-order chi connectivity index (χ1) is 9.36. The van der Waals surface area contributed by atoms with Gasteiger partial charge in [0.05, 0.1) is 12.0 Å². The van der Waals surface area contributed by atoms with E-state index in [2.05, 4.69) is 23.9 Å². The zero-order valence-electron chi connectivity index (χ0n) is 12.6. The van der Waals surface area contributed by atoms with Gasteiger partial charge in [-0.15, -0.1) is 0 Å². The second-order valence-corrected chi connectivity index (χ2v) is 6.76. The molecule has 5 nitrogen and oxygen atoms in total. The van der Waals surface area contributed by atoms with Crippen molar-refractivity contribution in [2.45, 2.75) is 38.1 Å². The Morgan fingerprint density at radius 1 is 1.25 bits per heavy atom. The fourth-order valence-corrected chi connectivity index (χ4v) is 2.95. The molecule has 0 atom stereocenters. The Hall–Kier alpha value is -1.11. The first-order valence-corrected chi connectivity index (χ1v) is 8.23. The molecule has 0 bridgehead atoms. The SMILES string of the molecule is COc1ccc(S(=O)(=O)NCCCNC(C)C)cc1C. The Kier molecular flexibility index (Phi) is 6.45. The minimum Gasteiger partial charge on any atom is -0.496 e. The van der Waals surface area contributed by atoms with Crippen LogP contribution in [0.3, 0.4) is 0 Å². The predicted octanol–water partition coefficient (Wildman–Crippen LogP) is 1.67. The molecule has 0 aromatic heterocycles. The van der Waals surface area contributed by atoms with E-state index >= 15 is 0 Å². The molecule has 2 N–H and O–H groups in total. The van der Waals surface area contributed by atoms with E-state index in [1.165, 1.54) is 0 Å². The summed E-state index contributed by atoms with van der Waals surface area (Å²) in [6.45, 7) is 7.16. The van der Waals surface area contributed by atoms with E-state index in [9.17, 15) is 8.42 Å². The first-order valence-electron chi connectivity index (χ1n) is 6.74. The van der Waals surface area contributed by atoms with Gasteiger partial charge in [0, 0.05) is 12.6 Å². The van der Waals surface area contributed by atoms with Crippen molar-refractivity contribution < 1.29 is 13.2 Å². The summed E-state index contributed by atoms with van der Waals surface area (Å²) in [7, 11) is -1.88. The third-order valence-corrected chi connectivity index (χ3v) is 4.33. The van der Waals surface area contributed by atoms with Crippen LogP contribution < -0.4 is 14.8 Å². The quantitative estimate of drug-likeness (QED) is 0.717. The molecule has 20 heavy (non-hydrogen) atoms. The third-order valence-electron chi connectivity index (χ3n) is 2.87. The highest BCUT2D eigenvalue weighted by Crippen LogP contribution is 2.21. The van der Waals surface area contributed by atoms with Crippen molar-refractivity contribution in [3.8, 4) is 5.75 Å². The molecule has 1 aromatic carbocycles. The molecule has 6 heteroatoms. The van der Waals surface area contributed by atoms with Crippen LogP contribution in [0.1, 0.15) is 25.8 Å². The van der Waals surface area contributed by atoms with Crippen molar-refractivity contribution in [3.05, 3.63) is 23.8 Å². The van der Waals surface area contributed by atoms with E-state index in [1.807, 2.05) is 6.92 Å². The summed E-state index contributed by atoms with van der Waals surface area (Å²) in [4.78, 5) is 0.271. The van der Waals surface area contributed by atoms with Gasteiger partial charge < -0.3 is 10.1 Å². The van der Waals surface area contributed by atoms with Crippen LogP contribution in [0.25, 0.3) is 0 Å². The number of nitrogens with one attached hydrogen (secondary N) is 2. The van der Waals surface area contributed by atoms with E-state index in [0.717, 1.165) is 18.5 Å². The van der Waals surface area contributed by atoms with Gasteiger partial charge in [-0.05, 0) is 43.7 Å². The molecule has 0 aliphatic carbocycles. The molecule has 0 amide bonds. The predicted molar refractivity (Wildman–Crippen MR) is 80.7 cm³/mol. The fraction of sp³-hybridized carbons (Fsp3) is 0.571. The number of methoxy groups -OCH3 is 1. The van der Waals surface area contributed by atoms with Crippen LogP contribution in [-0.2, 0) is 10.0 Å². The van der Waals surface area contributed by atoms with E-state index in [-0.39, 0.29) is 4.90 Å². The van der Waals surface area contributed by atoms with Gasteiger partial charge >= 0.3 is 0 Å². The highest BCUT2D eigenvalue weighted by molar-refractivity contribution is 7.89. The van der Waals surface area contributed by atoms with E-state index in [0.29, 0.717) is 18.3 Å². The number of rotatable bonds is 8.